The van der Waals surface area contributed by atoms with Crippen molar-refractivity contribution in [3.8, 4) is 11.5 Å². The van der Waals surface area contributed by atoms with Crippen molar-refractivity contribution in [2.75, 3.05) is 26.3 Å². The quantitative estimate of drug-likeness (QED) is 0.729. The van der Waals surface area contributed by atoms with E-state index in [1.165, 1.54) is 0 Å². The third-order valence-electron chi connectivity index (χ3n) is 5.10. The van der Waals surface area contributed by atoms with Crippen molar-refractivity contribution in [2.45, 2.75) is 32.7 Å². The van der Waals surface area contributed by atoms with Gasteiger partial charge in [0.25, 0.3) is 11.8 Å². The molecule has 1 fully saturated rings. The van der Waals surface area contributed by atoms with E-state index in [1.54, 1.807) is 4.90 Å². The highest BCUT2D eigenvalue weighted by Gasteiger charge is 2.24. The maximum atomic E-state index is 12.3. The Morgan fingerprint density at radius 1 is 1.00 bits per heavy atom. The lowest BCUT2D eigenvalue weighted by atomic mass is 10.1. The molecule has 0 saturated carbocycles. The van der Waals surface area contributed by atoms with E-state index in [2.05, 4.69) is 5.32 Å². The largest absolute Gasteiger partial charge is 0.484 e. The number of hydrogen-bond donors (Lipinski definition) is 1. The van der Waals surface area contributed by atoms with E-state index in [9.17, 15) is 9.59 Å². The molecule has 0 bridgehead atoms. The van der Waals surface area contributed by atoms with Gasteiger partial charge in [0.15, 0.2) is 13.2 Å². The summed E-state index contributed by atoms with van der Waals surface area (Å²) in [5.74, 6) is 1.10. The number of rotatable bonds is 7. The summed E-state index contributed by atoms with van der Waals surface area (Å²) in [5, 5.41) is 3.70. The van der Waals surface area contributed by atoms with Crippen LogP contribution in [-0.4, -0.2) is 49.1 Å². The molecule has 1 N–H and O–H groups in total. The standard InChI is InChI=1S/C23H27ClN2O4/c1-16-12-20(13-17(2)23(16)24)29-14-21(27)25-18-8-10-26(11-9-18)22(28)15-30-19-6-4-3-5-7-19/h3-7,12-13,18H,8-11,14-15H2,1-2H3,(H,25,27). The van der Waals surface area contributed by atoms with Gasteiger partial charge in [0, 0.05) is 24.2 Å². The Hall–Kier alpha value is -2.73. The van der Waals surface area contributed by atoms with Crippen molar-refractivity contribution in [3.05, 3.63) is 58.6 Å². The van der Waals surface area contributed by atoms with Gasteiger partial charge in [-0.25, -0.2) is 0 Å². The van der Waals surface area contributed by atoms with Crippen molar-refractivity contribution in [2.24, 2.45) is 0 Å². The predicted molar refractivity (Wildman–Crippen MR) is 116 cm³/mol. The summed E-state index contributed by atoms with van der Waals surface area (Å²) >= 11 is 6.16. The maximum absolute atomic E-state index is 12.3. The predicted octanol–water partition coefficient (Wildman–Crippen LogP) is 3.52. The molecule has 1 heterocycles. The van der Waals surface area contributed by atoms with Crippen molar-refractivity contribution < 1.29 is 19.1 Å². The Labute approximate surface area is 182 Å². The molecule has 2 aromatic carbocycles. The summed E-state index contributed by atoms with van der Waals surface area (Å²) in [6.45, 7) is 4.97. The Balaban J connectivity index is 1.37. The topological polar surface area (TPSA) is 67.9 Å². The van der Waals surface area contributed by atoms with E-state index in [4.69, 9.17) is 21.1 Å². The van der Waals surface area contributed by atoms with Crippen LogP contribution in [0.25, 0.3) is 0 Å². The molecular weight excluding hydrogens is 404 g/mol. The van der Waals surface area contributed by atoms with E-state index < -0.39 is 0 Å². The van der Waals surface area contributed by atoms with E-state index >= 15 is 0 Å². The number of amides is 2. The van der Waals surface area contributed by atoms with Crippen molar-refractivity contribution >= 4 is 23.4 Å². The third-order valence-corrected chi connectivity index (χ3v) is 5.69. The average Bonchev–Trinajstić information content (AvgIpc) is 2.75. The number of halogens is 1. The number of likely N-dealkylation sites (tertiary alicyclic amines) is 1. The van der Waals surface area contributed by atoms with Gasteiger partial charge in [0.2, 0.25) is 0 Å². The minimum Gasteiger partial charge on any atom is -0.484 e. The molecule has 0 aromatic heterocycles. The Morgan fingerprint density at radius 2 is 1.60 bits per heavy atom. The highest BCUT2D eigenvalue weighted by Crippen LogP contribution is 2.25. The first-order valence-corrected chi connectivity index (χ1v) is 10.4. The van der Waals surface area contributed by atoms with E-state index in [0.29, 0.717) is 42.5 Å². The van der Waals surface area contributed by atoms with E-state index in [0.717, 1.165) is 11.1 Å². The van der Waals surface area contributed by atoms with Crippen LogP contribution in [0.4, 0.5) is 0 Å². The van der Waals surface area contributed by atoms with Gasteiger partial charge < -0.3 is 19.7 Å². The van der Waals surface area contributed by atoms with Crippen LogP contribution in [0.15, 0.2) is 42.5 Å². The summed E-state index contributed by atoms with van der Waals surface area (Å²) in [4.78, 5) is 26.3. The summed E-state index contributed by atoms with van der Waals surface area (Å²) < 4.78 is 11.1. The van der Waals surface area contributed by atoms with Gasteiger partial charge in [-0.15, -0.1) is 0 Å². The number of aryl methyl sites for hydroxylation is 2. The molecule has 0 radical (unpaired) electrons. The third kappa shape index (κ3) is 6.13. The molecule has 160 valence electrons. The van der Waals surface area contributed by atoms with Crippen LogP contribution in [0, 0.1) is 13.8 Å². The first-order valence-electron chi connectivity index (χ1n) is 10.1. The summed E-state index contributed by atoms with van der Waals surface area (Å²) in [6.07, 6.45) is 1.42. The highest BCUT2D eigenvalue weighted by molar-refractivity contribution is 6.32. The van der Waals surface area contributed by atoms with Crippen LogP contribution >= 0.6 is 11.6 Å². The average molecular weight is 431 g/mol. The molecule has 7 heteroatoms. The molecule has 1 saturated heterocycles. The zero-order valence-electron chi connectivity index (χ0n) is 17.3. The van der Waals surface area contributed by atoms with E-state index in [1.807, 2.05) is 56.3 Å². The zero-order chi connectivity index (χ0) is 21.5. The Morgan fingerprint density at radius 3 is 2.23 bits per heavy atom. The number of para-hydroxylation sites is 1. The molecule has 0 spiro atoms. The number of carbonyl (C=O) groups is 2. The molecule has 1 aliphatic rings. The van der Waals surface area contributed by atoms with Gasteiger partial charge >= 0.3 is 0 Å². The van der Waals surface area contributed by atoms with Gasteiger partial charge in [-0.3, -0.25) is 9.59 Å². The molecule has 1 aliphatic heterocycles. The number of piperidine rings is 1. The number of benzene rings is 2. The SMILES string of the molecule is Cc1cc(OCC(=O)NC2CCN(C(=O)COc3ccccc3)CC2)cc(C)c1Cl. The first-order chi connectivity index (χ1) is 14.4. The van der Waals surface area contributed by atoms with Crippen LogP contribution in [0.2, 0.25) is 5.02 Å². The van der Waals surface area contributed by atoms with Crippen LogP contribution < -0.4 is 14.8 Å². The van der Waals surface area contributed by atoms with Crippen molar-refractivity contribution in [1.29, 1.82) is 0 Å². The van der Waals surface area contributed by atoms with Crippen LogP contribution in [0.3, 0.4) is 0 Å². The molecule has 2 aromatic rings. The lowest BCUT2D eigenvalue weighted by Crippen LogP contribution is -2.48. The van der Waals surface area contributed by atoms with Crippen LogP contribution in [0.1, 0.15) is 24.0 Å². The van der Waals surface area contributed by atoms with E-state index in [-0.39, 0.29) is 31.1 Å². The van der Waals surface area contributed by atoms with Gasteiger partial charge in [0.05, 0.1) is 0 Å². The van der Waals surface area contributed by atoms with Crippen molar-refractivity contribution in [1.82, 2.24) is 10.2 Å². The smallest absolute Gasteiger partial charge is 0.260 e. The van der Waals surface area contributed by atoms with Gasteiger partial charge in [-0.1, -0.05) is 29.8 Å². The molecule has 30 heavy (non-hydrogen) atoms. The van der Waals surface area contributed by atoms with Crippen molar-refractivity contribution in [3.63, 3.8) is 0 Å². The molecule has 3 rings (SSSR count). The summed E-state index contributed by atoms with van der Waals surface area (Å²) in [5.41, 5.74) is 1.83. The number of nitrogens with one attached hydrogen (secondary N) is 1. The Bertz CT molecular complexity index is 857. The number of carbonyl (C=O) groups excluding carboxylic acids is 2. The molecule has 6 nitrogen and oxygen atoms in total. The Kier molecular flexibility index (Phi) is 7.57. The molecule has 0 unspecified atom stereocenters. The minimum atomic E-state index is -0.169. The fraction of sp³-hybridized carbons (Fsp3) is 0.391. The maximum Gasteiger partial charge on any atom is 0.260 e. The van der Waals surface area contributed by atoms with Gasteiger partial charge in [-0.2, -0.15) is 0 Å². The second-order valence-electron chi connectivity index (χ2n) is 7.48. The van der Waals surface area contributed by atoms with Gasteiger partial charge in [-0.05, 0) is 62.1 Å². The summed E-state index contributed by atoms with van der Waals surface area (Å²) in [6, 6.07) is 13.0. The molecule has 0 aliphatic carbocycles. The number of nitrogens with zero attached hydrogens (tertiary/aromatic N) is 1. The fourth-order valence-electron chi connectivity index (χ4n) is 3.43. The zero-order valence-corrected chi connectivity index (χ0v) is 18.1. The first kappa shape index (κ1) is 22.0. The molecule has 2 amide bonds. The number of ether oxygens (including phenoxy) is 2. The second-order valence-corrected chi connectivity index (χ2v) is 7.86. The van der Waals surface area contributed by atoms with Gasteiger partial charge in [0.1, 0.15) is 11.5 Å². The normalized spacial score (nSPS) is 14.3. The lowest BCUT2D eigenvalue weighted by Gasteiger charge is -2.32. The summed E-state index contributed by atoms with van der Waals surface area (Å²) in [7, 11) is 0. The second kappa shape index (κ2) is 10.3. The van der Waals surface area contributed by atoms with Crippen LogP contribution in [0.5, 0.6) is 11.5 Å². The molecule has 0 atom stereocenters. The van der Waals surface area contributed by atoms with Crippen LogP contribution in [-0.2, 0) is 9.59 Å². The minimum absolute atomic E-state index is 0.0226. The fourth-order valence-corrected chi connectivity index (χ4v) is 3.54. The lowest BCUT2D eigenvalue weighted by molar-refractivity contribution is -0.134. The monoisotopic (exact) mass is 430 g/mol. The molecular formula is C23H27ClN2O4. The highest BCUT2D eigenvalue weighted by atomic mass is 35.5. The number of hydrogen-bond acceptors (Lipinski definition) is 4.